The van der Waals surface area contributed by atoms with E-state index in [-0.39, 0.29) is 5.91 Å². The molecule has 1 amide bonds. The van der Waals surface area contributed by atoms with E-state index in [1.54, 1.807) is 9.58 Å². The van der Waals surface area contributed by atoms with Gasteiger partial charge in [0.05, 0.1) is 17.9 Å². The third-order valence-corrected chi connectivity index (χ3v) is 3.98. The van der Waals surface area contributed by atoms with Gasteiger partial charge in [-0.3, -0.25) is 9.69 Å². The Morgan fingerprint density at radius 2 is 2.09 bits per heavy atom. The summed E-state index contributed by atoms with van der Waals surface area (Å²) in [5.74, 6) is 0.467. The molecule has 1 aromatic heterocycles. The minimum atomic E-state index is -0.413. The van der Waals surface area contributed by atoms with Crippen LogP contribution in [0.4, 0.5) is 0 Å². The zero-order valence-corrected chi connectivity index (χ0v) is 14.0. The molecule has 0 radical (unpaired) electrons. The maximum atomic E-state index is 11.9. The number of nitrogens with zero attached hydrogens (tertiary/aromatic N) is 4. The second kappa shape index (κ2) is 5.79. The molecule has 6 nitrogen and oxygen atoms in total. The first kappa shape index (κ1) is 15.7. The molecule has 1 aliphatic rings. The quantitative estimate of drug-likeness (QED) is 0.914. The maximum absolute atomic E-state index is 11.9. The molecule has 2 aromatic rings. The van der Waals surface area contributed by atoms with E-state index in [0.29, 0.717) is 17.4 Å². The van der Waals surface area contributed by atoms with Crippen LogP contribution in [0.1, 0.15) is 23.9 Å². The van der Waals surface area contributed by atoms with Crippen molar-refractivity contribution in [2.45, 2.75) is 26.9 Å². The molecule has 1 atom stereocenters. The lowest BCUT2D eigenvalue weighted by atomic mass is 10.2. The number of carbonyl (C=O) groups excluding carboxylic acids is 1. The molecule has 7 heteroatoms. The standard InChI is InChI=1S/C16H18ClN5O/c1-9-6-12(17)4-5-13(9)22-14(7-10(2)20-22)16-19-15(18)8-21(16)11(3)23/h4-7,15H,8,18H2,1-3H3. The van der Waals surface area contributed by atoms with Gasteiger partial charge >= 0.3 is 0 Å². The van der Waals surface area contributed by atoms with Gasteiger partial charge in [0, 0.05) is 11.9 Å². The van der Waals surface area contributed by atoms with Crippen LogP contribution in [0.15, 0.2) is 29.3 Å². The largest absolute Gasteiger partial charge is 0.308 e. The number of nitrogens with two attached hydrogens (primary N) is 1. The third kappa shape index (κ3) is 2.87. The molecule has 3 rings (SSSR count). The van der Waals surface area contributed by atoms with Crippen molar-refractivity contribution in [2.24, 2.45) is 10.7 Å². The van der Waals surface area contributed by atoms with Crippen molar-refractivity contribution in [1.29, 1.82) is 0 Å². The van der Waals surface area contributed by atoms with Gasteiger partial charge in [0.25, 0.3) is 0 Å². The first-order valence-electron chi connectivity index (χ1n) is 7.32. The van der Waals surface area contributed by atoms with Gasteiger partial charge in [-0.1, -0.05) is 11.6 Å². The van der Waals surface area contributed by atoms with E-state index in [9.17, 15) is 4.79 Å². The number of hydrogen-bond donors (Lipinski definition) is 1. The molecule has 2 heterocycles. The van der Waals surface area contributed by atoms with Crippen LogP contribution in [0, 0.1) is 13.8 Å². The van der Waals surface area contributed by atoms with Crippen molar-refractivity contribution in [1.82, 2.24) is 14.7 Å². The van der Waals surface area contributed by atoms with Crippen LogP contribution in [0.2, 0.25) is 5.02 Å². The van der Waals surface area contributed by atoms with Crippen molar-refractivity contribution in [3.05, 3.63) is 46.2 Å². The minimum Gasteiger partial charge on any atom is -0.308 e. The monoisotopic (exact) mass is 331 g/mol. The Balaban J connectivity index is 2.15. The second-order valence-electron chi connectivity index (χ2n) is 5.66. The number of aliphatic imine (C=N–C) groups is 1. The van der Waals surface area contributed by atoms with Crippen LogP contribution < -0.4 is 5.73 Å². The average molecular weight is 332 g/mol. The Morgan fingerprint density at radius 1 is 1.35 bits per heavy atom. The number of aromatic nitrogens is 2. The van der Waals surface area contributed by atoms with Crippen molar-refractivity contribution in [3.8, 4) is 5.69 Å². The highest BCUT2D eigenvalue weighted by atomic mass is 35.5. The van der Waals surface area contributed by atoms with E-state index in [0.717, 1.165) is 22.6 Å². The van der Waals surface area contributed by atoms with E-state index in [2.05, 4.69) is 10.1 Å². The fourth-order valence-electron chi connectivity index (χ4n) is 2.72. The molecular formula is C16H18ClN5O. The molecule has 1 unspecified atom stereocenters. The van der Waals surface area contributed by atoms with Gasteiger partial charge in [-0.05, 0) is 43.7 Å². The molecule has 0 fully saturated rings. The molecule has 120 valence electrons. The van der Waals surface area contributed by atoms with E-state index in [1.165, 1.54) is 6.92 Å². The molecule has 0 spiro atoms. The summed E-state index contributed by atoms with van der Waals surface area (Å²) in [6.07, 6.45) is -0.413. The van der Waals surface area contributed by atoms with Crippen LogP contribution in [0.3, 0.4) is 0 Å². The predicted molar refractivity (Wildman–Crippen MR) is 89.9 cm³/mol. The van der Waals surface area contributed by atoms with E-state index < -0.39 is 6.17 Å². The average Bonchev–Trinajstić information content (AvgIpc) is 3.02. The van der Waals surface area contributed by atoms with Crippen LogP contribution in [-0.2, 0) is 4.79 Å². The van der Waals surface area contributed by atoms with Crippen molar-refractivity contribution < 1.29 is 4.79 Å². The first-order valence-corrected chi connectivity index (χ1v) is 7.69. The number of halogens is 1. The summed E-state index contributed by atoms with van der Waals surface area (Å²) in [4.78, 5) is 17.9. The van der Waals surface area contributed by atoms with E-state index in [4.69, 9.17) is 17.3 Å². The van der Waals surface area contributed by atoms with E-state index >= 15 is 0 Å². The topological polar surface area (TPSA) is 76.5 Å². The second-order valence-corrected chi connectivity index (χ2v) is 6.10. The lowest BCUT2D eigenvalue weighted by molar-refractivity contribution is -0.124. The molecule has 0 saturated heterocycles. The van der Waals surface area contributed by atoms with Crippen molar-refractivity contribution in [2.75, 3.05) is 6.54 Å². The smallest absolute Gasteiger partial charge is 0.225 e. The van der Waals surface area contributed by atoms with E-state index in [1.807, 2.05) is 38.1 Å². The fourth-order valence-corrected chi connectivity index (χ4v) is 2.95. The molecule has 0 bridgehead atoms. The van der Waals surface area contributed by atoms with Crippen LogP contribution >= 0.6 is 11.6 Å². The number of aryl methyl sites for hydroxylation is 2. The fraction of sp³-hybridized carbons (Fsp3) is 0.312. The molecule has 2 N–H and O–H groups in total. The summed E-state index contributed by atoms with van der Waals surface area (Å²) < 4.78 is 1.79. The van der Waals surface area contributed by atoms with Crippen LogP contribution in [-0.4, -0.2) is 39.1 Å². The highest BCUT2D eigenvalue weighted by Gasteiger charge is 2.30. The molecule has 1 aliphatic heterocycles. The SMILES string of the molecule is CC(=O)N1CC(N)N=C1c1cc(C)nn1-c1ccc(Cl)cc1C. The van der Waals surface area contributed by atoms with Crippen LogP contribution in [0.5, 0.6) is 0 Å². The summed E-state index contributed by atoms with van der Waals surface area (Å²) in [6, 6.07) is 7.50. The summed E-state index contributed by atoms with van der Waals surface area (Å²) in [7, 11) is 0. The normalized spacial score (nSPS) is 17.5. The van der Waals surface area contributed by atoms with Gasteiger partial charge in [-0.15, -0.1) is 0 Å². The number of rotatable bonds is 2. The summed E-state index contributed by atoms with van der Waals surface area (Å²) in [5, 5.41) is 5.22. The molecule has 0 saturated carbocycles. The Morgan fingerprint density at radius 3 is 2.74 bits per heavy atom. The van der Waals surface area contributed by atoms with Gasteiger partial charge in [-0.25, -0.2) is 9.67 Å². The lowest BCUT2D eigenvalue weighted by Gasteiger charge is -2.18. The van der Waals surface area contributed by atoms with Crippen molar-refractivity contribution >= 4 is 23.3 Å². The Bertz CT molecular complexity index is 811. The minimum absolute atomic E-state index is 0.0880. The molecule has 0 aliphatic carbocycles. The number of carbonyl (C=O) groups is 1. The Labute approximate surface area is 139 Å². The highest BCUT2D eigenvalue weighted by molar-refractivity contribution is 6.30. The summed E-state index contributed by atoms with van der Waals surface area (Å²) in [6.45, 7) is 5.76. The zero-order chi connectivity index (χ0) is 16.7. The lowest BCUT2D eigenvalue weighted by Crippen LogP contribution is -2.36. The summed E-state index contributed by atoms with van der Waals surface area (Å²) in [5.41, 5.74) is 9.37. The highest BCUT2D eigenvalue weighted by Crippen LogP contribution is 2.23. The van der Waals surface area contributed by atoms with Crippen LogP contribution in [0.25, 0.3) is 5.69 Å². The predicted octanol–water partition coefficient (Wildman–Crippen LogP) is 2.04. The summed E-state index contributed by atoms with van der Waals surface area (Å²) >= 11 is 6.04. The maximum Gasteiger partial charge on any atom is 0.225 e. The van der Waals surface area contributed by atoms with Gasteiger partial charge in [0.1, 0.15) is 11.9 Å². The zero-order valence-electron chi connectivity index (χ0n) is 13.2. The third-order valence-electron chi connectivity index (χ3n) is 3.74. The van der Waals surface area contributed by atoms with Gasteiger partial charge in [0.2, 0.25) is 5.91 Å². The Kier molecular flexibility index (Phi) is 3.95. The Hall–Kier alpha value is -2.18. The van der Waals surface area contributed by atoms with Crippen molar-refractivity contribution in [3.63, 3.8) is 0 Å². The number of benzene rings is 1. The first-order chi connectivity index (χ1) is 10.9. The molecular weight excluding hydrogens is 314 g/mol. The number of amidine groups is 1. The van der Waals surface area contributed by atoms with Gasteiger partial charge in [0.15, 0.2) is 5.84 Å². The molecule has 1 aromatic carbocycles. The van der Waals surface area contributed by atoms with Gasteiger partial charge < -0.3 is 5.73 Å². The number of amides is 1. The molecule has 23 heavy (non-hydrogen) atoms. The van der Waals surface area contributed by atoms with Gasteiger partial charge in [-0.2, -0.15) is 5.10 Å². The number of hydrogen-bond acceptors (Lipinski definition) is 4.